The third-order valence-electron chi connectivity index (χ3n) is 3.14. The molecule has 0 aliphatic carbocycles. The fraction of sp³-hybridized carbons (Fsp3) is 0.154. The van der Waals surface area contributed by atoms with Crippen molar-refractivity contribution in [2.75, 3.05) is 7.11 Å². The van der Waals surface area contributed by atoms with E-state index < -0.39 is 15.8 Å². The maximum Gasteiger partial charge on any atom is 0.375 e. The Morgan fingerprint density at radius 1 is 1.25 bits per heavy atom. The van der Waals surface area contributed by atoms with Gasteiger partial charge in [0, 0.05) is 0 Å². The first-order valence-electron chi connectivity index (χ1n) is 6.67. The quantitative estimate of drug-likeness (QED) is 0.666. The molecule has 0 fully saturated rings. The van der Waals surface area contributed by atoms with Crippen molar-refractivity contribution in [2.24, 2.45) is 0 Å². The van der Waals surface area contributed by atoms with Gasteiger partial charge in [0.15, 0.2) is 0 Å². The van der Waals surface area contributed by atoms with E-state index in [1.54, 1.807) is 12.1 Å². The van der Waals surface area contributed by atoms with E-state index in [2.05, 4.69) is 30.2 Å². The molecule has 124 valence electrons. The Kier molecular flexibility index (Phi) is 3.85. The van der Waals surface area contributed by atoms with Gasteiger partial charge in [0.25, 0.3) is 5.95 Å². The van der Waals surface area contributed by atoms with E-state index in [0.29, 0.717) is 0 Å². The number of nitrogens with zero attached hydrogens (tertiary/aromatic N) is 5. The molecule has 0 aliphatic rings. The van der Waals surface area contributed by atoms with Crippen molar-refractivity contribution in [3.8, 4) is 5.95 Å². The van der Waals surface area contributed by atoms with Crippen LogP contribution in [0.5, 0.6) is 0 Å². The molecule has 0 atom stereocenters. The van der Waals surface area contributed by atoms with E-state index in [4.69, 9.17) is 0 Å². The van der Waals surface area contributed by atoms with Gasteiger partial charge in [-0.05, 0) is 19.1 Å². The van der Waals surface area contributed by atoms with Crippen LogP contribution in [-0.4, -0.2) is 51.7 Å². The van der Waals surface area contributed by atoms with Crippen molar-refractivity contribution in [3.63, 3.8) is 0 Å². The van der Waals surface area contributed by atoms with Crippen LogP contribution in [0.15, 0.2) is 40.4 Å². The Bertz CT molecular complexity index is 990. The van der Waals surface area contributed by atoms with Gasteiger partial charge in [-0.15, -0.1) is 10.2 Å². The third kappa shape index (κ3) is 2.76. The topological polar surface area (TPSA) is 133 Å². The molecule has 2 heterocycles. The summed E-state index contributed by atoms with van der Waals surface area (Å²) in [6.07, 6.45) is 1.17. The van der Waals surface area contributed by atoms with Gasteiger partial charge in [0.05, 0.1) is 18.2 Å². The highest BCUT2D eigenvalue weighted by Crippen LogP contribution is 2.19. The molecule has 3 rings (SSSR count). The molecule has 24 heavy (non-hydrogen) atoms. The number of sulfone groups is 1. The minimum Gasteiger partial charge on any atom is -0.463 e. The lowest BCUT2D eigenvalue weighted by Gasteiger charge is -2.00. The highest BCUT2D eigenvalue weighted by molar-refractivity contribution is 7.91. The Morgan fingerprint density at radius 2 is 1.96 bits per heavy atom. The zero-order valence-electron chi connectivity index (χ0n) is 12.7. The van der Waals surface area contributed by atoms with Crippen LogP contribution in [0.1, 0.15) is 16.2 Å². The van der Waals surface area contributed by atoms with Crippen molar-refractivity contribution in [1.82, 2.24) is 30.2 Å². The molecule has 0 amide bonds. The van der Waals surface area contributed by atoms with E-state index in [-0.39, 0.29) is 21.7 Å². The molecule has 2 aromatic heterocycles. The third-order valence-corrected chi connectivity index (χ3v) is 4.77. The number of aromatic amines is 1. The Hall–Kier alpha value is -3.08. The predicted octanol–water partition coefficient (Wildman–Crippen LogP) is 0.313. The van der Waals surface area contributed by atoms with Crippen molar-refractivity contribution in [1.29, 1.82) is 0 Å². The summed E-state index contributed by atoms with van der Waals surface area (Å²) in [5.74, 6) is -0.874. The second-order valence-electron chi connectivity index (χ2n) is 4.79. The van der Waals surface area contributed by atoms with E-state index >= 15 is 0 Å². The van der Waals surface area contributed by atoms with Gasteiger partial charge in [-0.25, -0.2) is 13.2 Å². The van der Waals surface area contributed by atoms with Gasteiger partial charge < -0.3 is 4.74 Å². The number of carbonyl (C=O) groups excluding carboxylic acids is 1. The van der Waals surface area contributed by atoms with Gasteiger partial charge in [-0.2, -0.15) is 9.67 Å². The molecule has 11 heteroatoms. The second kappa shape index (κ2) is 5.85. The molecular formula is C13H12N6O4S. The molecular weight excluding hydrogens is 336 g/mol. The summed E-state index contributed by atoms with van der Waals surface area (Å²) in [6, 6.07) is 6.36. The summed E-state index contributed by atoms with van der Waals surface area (Å²) < 4.78 is 30.6. The Morgan fingerprint density at radius 3 is 2.62 bits per heavy atom. The van der Waals surface area contributed by atoms with Crippen molar-refractivity contribution >= 4 is 15.8 Å². The minimum atomic E-state index is -3.81. The molecule has 0 spiro atoms. The lowest BCUT2D eigenvalue weighted by Crippen LogP contribution is -2.04. The zero-order valence-corrected chi connectivity index (χ0v) is 13.5. The minimum absolute atomic E-state index is 0.0340. The maximum absolute atomic E-state index is 12.5. The monoisotopic (exact) mass is 348 g/mol. The first-order valence-corrected chi connectivity index (χ1v) is 8.15. The van der Waals surface area contributed by atoms with Crippen LogP contribution in [-0.2, 0) is 14.6 Å². The number of carbonyl (C=O) groups is 1. The molecule has 0 saturated carbocycles. The van der Waals surface area contributed by atoms with Crippen LogP contribution in [0.4, 0.5) is 0 Å². The summed E-state index contributed by atoms with van der Waals surface area (Å²) in [4.78, 5) is 15.3. The Balaban J connectivity index is 1.94. The number of aromatic nitrogens is 6. The van der Waals surface area contributed by atoms with E-state index in [1.165, 1.54) is 25.4 Å². The largest absolute Gasteiger partial charge is 0.463 e. The smallest absolute Gasteiger partial charge is 0.375 e. The molecule has 0 saturated heterocycles. The zero-order chi connectivity index (χ0) is 17.3. The van der Waals surface area contributed by atoms with Crippen LogP contribution in [0, 0.1) is 6.92 Å². The standard InChI is InChI=1S/C13H12N6O4S/c1-8-3-5-9(6-4-8)24(21,22)10-7-19(18-15-10)13-14-11(16-17-13)12(20)23-2/h3-7H,1-2H3,(H,14,16,17). The molecule has 0 radical (unpaired) electrons. The van der Waals surface area contributed by atoms with Gasteiger partial charge in [0.1, 0.15) is 0 Å². The van der Waals surface area contributed by atoms with Crippen LogP contribution in [0.3, 0.4) is 0 Å². The number of nitrogens with one attached hydrogen (secondary N) is 1. The maximum atomic E-state index is 12.5. The molecule has 0 unspecified atom stereocenters. The van der Waals surface area contributed by atoms with E-state index in [1.807, 2.05) is 6.92 Å². The van der Waals surface area contributed by atoms with Crippen LogP contribution < -0.4 is 0 Å². The van der Waals surface area contributed by atoms with E-state index in [0.717, 1.165) is 10.2 Å². The van der Waals surface area contributed by atoms with Gasteiger partial charge in [-0.1, -0.05) is 22.9 Å². The second-order valence-corrected chi connectivity index (χ2v) is 6.69. The normalized spacial score (nSPS) is 11.4. The average molecular weight is 348 g/mol. The fourth-order valence-electron chi connectivity index (χ4n) is 1.85. The van der Waals surface area contributed by atoms with E-state index in [9.17, 15) is 13.2 Å². The number of esters is 1. The molecule has 0 bridgehead atoms. The molecule has 0 aliphatic heterocycles. The number of aryl methyl sites for hydroxylation is 1. The van der Waals surface area contributed by atoms with Crippen LogP contribution in [0.25, 0.3) is 5.95 Å². The number of hydrogen-bond acceptors (Lipinski definition) is 8. The highest BCUT2D eigenvalue weighted by atomic mass is 32.2. The summed E-state index contributed by atoms with van der Waals surface area (Å²) in [6.45, 7) is 1.86. The molecule has 3 aromatic rings. The number of methoxy groups -OCH3 is 1. The number of H-pyrrole nitrogens is 1. The average Bonchev–Trinajstić information content (AvgIpc) is 3.23. The summed E-state index contributed by atoms with van der Waals surface area (Å²) in [5, 5.41) is 13.2. The van der Waals surface area contributed by atoms with Crippen molar-refractivity contribution < 1.29 is 17.9 Å². The molecule has 1 aromatic carbocycles. The van der Waals surface area contributed by atoms with Gasteiger partial charge in [-0.3, -0.25) is 5.10 Å². The summed E-state index contributed by atoms with van der Waals surface area (Å²) in [5.41, 5.74) is 0.939. The number of rotatable bonds is 4. The summed E-state index contributed by atoms with van der Waals surface area (Å²) in [7, 11) is -2.61. The molecule has 10 nitrogen and oxygen atoms in total. The summed E-state index contributed by atoms with van der Waals surface area (Å²) >= 11 is 0. The van der Waals surface area contributed by atoms with Gasteiger partial charge >= 0.3 is 5.97 Å². The SMILES string of the molecule is COC(=O)c1nc(-n2cc(S(=O)(=O)c3ccc(C)cc3)nn2)n[nH]1. The highest BCUT2D eigenvalue weighted by Gasteiger charge is 2.23. The first-order chi connectivity index (χ1) is 11.4. The fourth-order valence-corrected chi connectivity index (χ4v) is 2.97. The Labute approximate surface area is 136 Å². The first kappa shape index (κ1) is 15.8. The van der Waals surface area contributed by atoms with Crippen molar-refractivity contribution in [3.05, 3.63) is 41.9 Å². The number of benzene rings is 1. The lowest BCUT2D eigenvalue weighted by molar-refractivity contribution is 0.0587. The lowest BCUT2D eigenvalue weighted by atomic mass is 10.2. The molecule has 1 N–H and O–H groups in total. The van der Waals surface area contributed by atoms with Crippen molar-refractivity contribution in [2.45, 2.75) is 16.8 Å². The predicted molar refractivity (Wildman–Crippen MR) is 79.3 cm³/mol. The van der Waals surface area contributed by atoms with Gasteiger partial charge in [0.2, 0.25) is 20.7 Å². The van der Waals surface area contributed by atoms with Crippen LogP contribution in [0.2, 0.25) is 0 Å². The van der Waals surface area contributed by atoms with Crippen LogP contribution >= 0.6 is 0 Å². The number of ether oxygens (including phenoxy) is 1. The number of hydrogen-bond donors (Lipinski definition) is 1.